The van der Waals surface area contributed by atoms with E-state index in [-0.39, 0.29) is 30.5 Å². The highest BCUT2D eigenvalue weighted by Gasteiger charge is 2.14. The molecule has 0 spiro atoms. The first kappa shape index (κ1) is 16.0. The molecule has 0 aliphatic rings. The van der Waals surface area contributed by atoms with E-state index in [1.54, 1.807) is 12.1 Å². The van der Waals surface area contributed by atoms with Crippen molar-refractivity contribution in [1.29, 1.82) is 0 Å². The van der Waals surface area contributed by atoms with Crippen molar-refractivity contribution < 1.29 is 14.3 Å². The number of benzene rings is 1. The molecule has 0 saturated heterocycles. The van der Waals surface area contributed by atoms with Gasteiger partial charge in [-0.05, 0) is 39.8 Å². The molecule has 0 heterocycles. The van der Waals surface area contributed by atoms with Gasteiger partial charge in [-0.1, -0.05) is 17.7 Å². The summed E-state index contributed by atoms with van der Waals surface area (Å²) in [6, 6.07) is 7.41. The van der Waals surface area contributed by atoms with Gasteiger partial charge in [0.25, 0.3) is 5.91 Å². The molecule has 20 heavy (non-hydrogen) atoms. The Morgan fingerprint density at radius 1 is 1.10 bits per heavy atom. The lowest BCUT2D eigenvalue weighted by Crippen LogP contribution is -2.46. The lowest BCUT2D eigenvalue weighted by atomic mass is 10.1. The van der Waals surface area contributed by atoms with Gasteiger partial charge in [0.1, 0.15) is 5.75 Å². The summed E-state index contributed by atoms with van der Waals surface area (Å²) in [5.74, 6) is 0.0840. The van der Waals surface area contributed by atoms with Crippen LogP contribution in [0.3, 0.4) is 0 Å². The number of hydrogen-bond acceptors (Lipinski definition) is 3. The van der Waals surface area contributed by atoms with Crippen LogP contribution in [0.25, 0.3) is 0 Å². The van der Waals surface area contributed by atoms with E-state index in [0.29, 0.717) is 5.75 Å². The van der Waals surface area contributed by atoms with Gasteiger partial charge in [-0.15, -0.1) is 0 Å². The molecule has 0 unspecified atom stereocenters. The lowest BCUT2D eigenvalue weighted by Gasteiger charge is -2.20. The zero-order chi connectivity index (χ0) is 15.2. The Kier molecular flexibility index (Phi) is 5.55. The second-order valence-electron chi connectivity index (χ2n) is 5.68. The summed E-state index contributed by atoms with van der Waals surface area (Å²) in [5.41, 5.74) is 0.820. The average Bonchev–Trinajstić information content (AvgIpc) is 2.33. The van der Waals surface area contributed by atoms with E-state index in [2.05, 4.69) is 10.6 Å². The van der Waals surface area contributed by atoms with E-state index in [1.165, 1.54) is 0 Å². The average molecular weight is 278 g/mol. The topological polar surface area (TPSA) is 67.4 Å². The third-order valence-corrected chi connectivity index (χ3v) is 2.35. The Labute approximate surface area is 119 Å². The summed E-state index contributed by atoms with van der Waals surface area (Å²) < 4.78 is 5.31. The van der Waals surface area contributed by atoms with Gasteiger partial charge in [0.05, 0.1) is 6.54 Å². The molecule has 5 heteroatoms. The van der Waals surface area contributed by atoms with Crippen molar-refractivity contribution in [3.63, 3.8) is 0 Å². The van der Waals surface area contributed by atoms with Crippen LogP contribution in [0.1, 0.15) is 26.3 Å². The van der Waals surface area contributed by atoms with E-state index in [1.807, 2.05) is 39.8 Å². The van der Waals surface area contributed by atoms with Crippen LogP contribution in [0.15, 0.2) is 24.3 Å². The number of hydrogen-bond donors (Lipinski definition) is 2. The maximum absolute atomic E-state index is 11.5. The molecule has 0 atom stereocenters. The highest BCUT2D eigenvalue weighted by Crippen LogP contribution is 2.10. The Morgan fingerprint density at radius 2 is 1.70 bits per heavy atom. The minimum absolute atomic E-state index is 0.0483. The van der Waals surface area contributed by atoms with Gasteiger partial charge in [-0.2, -0.15) is 0 Å². The summed E-state index contributed by atoms with van der Waals surface area (Å²) in [6.45, 7) is 7.47. The van der Waals surface area contributed by atoms with Crippen LogP contribution in [-0.2, 0) is 9.59 Å². The minimum atomic E-state index is -0.324. The van der Waals surface area contributed by atoms with Gasteiger partial charge in [-0.3, -0.25) is 9.59 Å². The highest BCUT2D eigenvalue weighted by atomic mass is 16.5. The van der Waals surface area contributed by atoms with Crippen LogP contribution in [0.5, 0.6) is 5.75 Å². The number of rotatable bonds is 5. The minimum Gasteiger partial charge on any atom is -0.484 e. The van der Waals surface area contributed by atoms with Crippen molar-refractivity contribution in [3.8, 4) is 5.75 Å². The maximum atomic E-state index is 11.5. The van der Waals surface area contributed by atoms with Crippen molar-refractivity contribution in [2.24, 2.45) is 0 Å². The molecule has 2 N–H and O–H groups in total. The van der Waals surface area contributed by atoms with Crippen LogP contribution in [0, 0.1) is 6.92 Å². The predicted octanol–water partition coefficient (Wildman–Crippen LogP) is 1.40. The van der Waals surface area contributed by atoms with Gasteiger partial charge in [-0.25, -0.2) is 0 Å². The molecule has 110 valence electrons. The molecule has 0 aromatic heterocycles. The molecule has 0 radical (unpaired) electrons. The molecule has 0 bridgehead atoms. The molecule has 0 aliphatic heterocycles. The molecule has 2 amide bonds. The van der Waals surface area contributed by atoms with Crippen molar-refractivity contribution in [2.45, 2.75) is 33.2 Å². The molecular formula is C15H22N2O3. The lowest BCUT2D eigenvalue weighted by molar-refractivity contribution is -0.127. The molecule has 1 aromatic carbocycles. The monoisotopic (exact) mass is 278 g/mol. The number of carbonyl (C=O) groups excluding carboxylic acids is 2. The second-order valence-corrected chi connectivity index (χ2v) is 5.68. The molecular weight excluding hydrogens is 256 g/mol. The third-order valence-electron chi connectivity index (χ3n) is 2.35. The van der Waals surface area contributed by atoms with Crippen LogP contribution >= 0.6 is 0 Å². The SMILES string of the molecule is Cc1ccc(OCC(=O)NCC(=O)NC(C)(C)C)cc1. The van der Waals surface area contributed by atoms with Crippen LogP contribution in [-0.4, -0.2) is 30.5 Å². The molecule has 1 rings (SSSR count). The first-order valence-electron chi connectivity index (χ1n) is 6.53. The summed E-state index contributed by atoms with van der Waals surface area (Å²) in [4.78, 5) is 23.0. The number of aryl methyl sites for hydroxylation is 1. The first-order valence-corrected chi connectivity index (χ1v) is 6.53. The summed E-state index contributed by atoms with van der Waals surface area (Å²) in [5, 5.41) is 5.27. The predicted molar refractivity (Wildman–Crippen MR) is 77.6 cm³/mol. The fourth-order valence-corrected chi connectivity index (χ4v) is 1.48. The van der Waals surface area contributed by atoms with Gasteiger partial charge in [0.15, 0.2) is 6.61 Å². The van der Waals surface area contributed by atoms with Crippen LogP contribution < -0.4 is 15.4 Å². The third kappa shape index (κ3) is 6.78. The highest BCUT2D eigenvalue weighted by molar-refractivity contribution is 5.85. The van der Waals surface area contributed by atoms with E-state index >= 15 is 0 Å². The molecule has 1 aromatic rings. The summed E-state index contributed by atoms with van der Waals surface area (Å²) >= 11 is 0. The Morgan fingerprint density at radius 3 is 2.25 bits per heavy atom. The number of nitrogens with one attached hydrogen (secondary N) is 2. The maximum Gasteiger partial charge on any atom is 0.258 e. The Hall–Kier alpha value is -2.04. The second kappa shape index (κ2) is 6.93. The van der Waals surface area contributed by atoms with Gasteiger partial charge in [0, 0.05) is 5.54 Å². The van der Waals surface area contributed by atoms with Crippen LogP contribution in [0.4, 0.5) is 0 Å². The fourth-order valence-electron chi connectivity index (χ4n) is 1.48. The fraction of sp³-hybridized carbons (Fsp3) is 0.467. The van der Waals surface area contributed by atoms with E-state index < -0.39 is 0 Å². The van der Waals surface area contributed by atoms with E-state index in [9.17, 15) is 9.59 Å². The zero-order valence-corrected chi connectivity index (χ0v) is 12.4. The standard InChI is InChI=1S/C15H22N2O3/c1-11-5-7-12(8-6-11)20-10-14(19)16-9-13(18)17-15(2,3)4/h5-8H,9-10H2,1-4H3,(H,16,19)(H,17,18). The molecule has 5 nitrogen and oxygen atoms in total. The van der Waals surface area contributed by atoms with Crippen LogP contribution in [0.2, 0.25) is 0 Å². The Balaban J connectivity index is 2.27. The zero-order valence-electron chi connectivity index (χ0n) is 12.4. The molecule has 0 aliphatic carbocycles. The van der Waals surface area contributed by atoms with Gasteiger partial charge >= 0.3 is 0 Å². The van der Waals surface area contributed by atoms with Crippen molar-refractivity contribution in [3.05, 3.63) is 29.8 Å². The first-order chi connectivity index (χ1) is 9.26. The van der Waals surface area contributed by atoms with Gasteiger partial charge in [0.2, 0.25) is 5.91 Å². The normalized spacial score (nSPS) is 10.8. The van der Waals surface area contributed by atoms with E-state index in [4.69, 9.17) is 4.74 Å². The number of carbonyl (C=O) groups is 2. The number of ether oxygens (including phenoxy) is 1. The van der Waals surface area contributed by atoms with Gasteiger partial charge < -0.3 is 15.4 Å². The largest absolute Gasteiger partial charge is 0.484 e. The van der Waals surface area contributed by atoms with Crippen molar-refractivity contribution in [1.82, 2.24) is 10.6 Å². The number of amides is 2. The van der Waals surface area contributed by atoms with Crippen molar-refractivity contribution >= 4 is 11.8 Å². The quantitative estimate of drug-likeness (QED) is 0.855. The smallest absolute Gasteiger partial charge is 0.258 e. The molecule has 0 saturated carbocycles. The van der Waals surface area contributed by atoms with E-state index in [0.717, 1.165) is 5.56 Å². The Bertz CT molecular complexity index is 461. The molecule has 0 fully saturated rings. The summed E-state index contributed by atoms with van der Waals surface area (Å²) in [6.07, 6.45) is 0. The van der Waals surface area contributed by atoms with Crippen molar-refractivity contribution in [2.75, 3.05) is 13.2 Å². The summed E-state index contributed by atoms with van der Waals surface area (Å²) in [7, 11) is 0.